The molecular formula is C19H22N2O3S. The number of carbonyl (C=O) groups is 1. The van der Waals surface area contributed by atoms with E-state index in [9.17, 15) is 13.2 Å². The number of carbonyl (C=O) groups excluding carboxylic acids is 1. The van der Waals surface area contributed by atoms with E-state index in [-0.39, 0.29) is 10.8 Å². The third-order valence-corrected chi connectivity index (χ3v) is 5.98. The number of aryl methyl sites for hydroxylation is 3. The lowest BCUT2D eigenvalue weighted by Gasteiger charge is -2.20. The van der Waals surface area contributed by atoms with Crippen molar-refractivity contribution in [3.05, 3.63) is 53.1 Å². The number of nitrogens with one attached hydrogen (secondary N) is 1. The Kier molecular flexibility index (Phi) is 4.56. The second-order valence-electron chi connectivity index (χ2n) is 6.52. The van der Waals surface area contributed by atoms with Gasteiger partial charge in [0.1, 0.15) is 0 Å². The Labute approximate surface area is 148 Å². The van der Waals surface area contributed by atoms with Crippen molar-refractivity contribution >= 4 is 27.3 Å². The van der Waals surface area contributed by atoms with Crippen molar-refractivity contribution in [3.63, 3.8) is 0 Å². The summed E-state index contributed by atoms with van der Waals surface area (Å²) < 4.78 is 28.2. The fourth-order valence-electron chi connectivity index (χ4n) is 3.07. The zero-order valence-electron chi connectivity index (χ0n) is 14.7. The van der Waals surface area contributed by atoms with Gasteiger partial charge in [0.25, 0.3) is 10.0 Å². The maximum atomic E-state index is 12.8. The fourth-order valence-corrected chi connectivity index (χ4v) is 4.45. The van der Waals surface area contributed by atoms with E-state index < -0.39 is 10.0 Å². The van der Waals surface area contributed by atoms with Gasteiger partial charge in [-0.05, 0) is 62.1 Å². The van der Waals surface area contributed by atoms with Crippen LogP contribution in [-0.2, 0) is 14.8 Å². The van der Waals surface area contributed by atoms with Gasteiger partial charge in [0.2, 0.25) is 5.91 Å². The standard InChI is InChI=1S/C19H22N2O3S/c1-13-6-7-15(3)18(11-13)25(23,24)20-16-9-8-14(2)17(12-16)21-10-4-5-19(21)22/h6-9,11-12,20H,4-5,10H2,1-3H3. The molecule has 0 bridgehead atoms. The molecule has 5 nitrogen and oxygen atoms in total. The summed E-state index contributed by atoms with van der Waals surface area (Å²) >= 11 is 0. The van der Waals surface area contributed by atoms with Crippen molar-refractivity contribution in [2.24, 2.45) is 0 Å². The van der Waals surface area contributed by atoms with Gasteiger partial charge in [-0.3, -0.25) is 9.52 Å². The monoisotopic (exact) mass is 358 g/mol. The molecule has 0 radical (unpaired) electrons. The number of rotatable bonds is 4. The highest BCUT2D eigenvalue weighted by Crippen LogP contribution is 2.29. The minimum absolute atomic E-state index is 0.0811. The average Bonchev–Trinajstić information content (AvgIpc) is 2.97. The van der Waals surface area contributed by atoms with Gasteiger partial charge in [-0.25, -0.2) is 8.42 Å². The average molecular weight is 358 g/mol. The summed E-state index contributed by atoms with van der Waals surface area (Å²) in [6.45, 7) is 6.23. The maximum Gasteiger partial charge on any atom is 0.262 e. The molecule has 0 spiro atoms. The smallest absolute Gasteiger partial charge is 0.262 e. The molecule has 3 rings (SSSR count). The van der Waals surface area contributed by atoms with Crippen molar-refractivity contribution in [2.75, 3.05) is 16.2 Å². The molecule has 6 heteroatoms. The molecular weight excluding hydrogens is 336 g/mol. The van der Waals surface area contributed by atoms with E-state index in [0.29, 0.717) is 24.2 Å². The normalized spacial score (nSPS) is 14.8. The van der Waals surface area contributed by atoms with Crippen LogP contribution < -0.4 is 9.62 Å². The van der Waals surface area contributed by atoms with Crippen molar-refractivity contribution in [2.45, 2.75) is 38.5 Å². The summed E-state index contributed by atoms with van der Waals surface area (Å²) in [7, 11) is -3.69. The lowest BCUT2D eigenvalue weighted by Crippen LogP contribution is -2.24. The molecule has 1 amide bonds. The Balaban J connectivity index is 1.95. The third-order valence-electron chi connectivity index (χ3n) is 4.46. The summed E-state index contributed by atoms with van der Waals surface area (Å²) in [4.78, 5) is 14.0. The van der Waals surface area contributed by atoms with Gasteiger partial charge >= 0.3 is 0 Å². The van der Waals surface area contributed by atoms with Crippen LogP contribution >= 0.6 is 0 Å². The molecule has 2 aromatic carbocycles. The molecule has 1 aliphatic heterocycles. The highest BCUT2D eigenvalue weighted by atomic mass is 32.2. The van der Waals surface area contributed by atoms with Crippen molar-refractivity contribution in [1.82, 2.24) is 0 Å². The zero-order chi connectivity index (χ0) is 18.2. The molecule has 0 saturated carbocycles. The number of nitrogens with zero attached hydrogens (tertiary/aromatic N) is 1. The van der Waals surface area contributed by atoms with Gasteiger partial charge in [0.05, 0.1) is 10.6 Å². The predicted molar refractivity (Wildman–Crippen MR) is 99.5 cm³/mol. The van der Waals surface area contributed by atoms with E-state index in [1.54, 1.807) is 36.1 Å². The van der Waals surface area contributed by atoms with E-state index in [2.05, 4.69) is 4.72 Å². The number of benzene rings is 2. The van der Waals surface area contributed by atoms with Gasteiger partial charge in [-0.15, -0.1) is 0 Å². The Bertz CT molecular complexity index is 936. The molecule has 25 heavy (non-hydrogen) atoms. The largest absolute Gasteiger partial charge is 0.312 e. The highest BCUT2D eigenvalue weighted by molar-refractivity contribution is 7.92. The molecule has 1 saturated heterocycles. The molecule has 0 aromatic heterocycles. The summed E-state index contributed by atoms with van der Waals surface area (Å²) in [6, 6.07) is 10.6. The summed E-state index contributed by atoms with van der Waals surface area (Å²) in [5.41, 5.74) is 3.76. The van der Waals surface area contributed by atoms with E-state index in [1.165, 1.54) is 0 Å². The van der Waals surface area contributed by atoms with Crippen LogP contribution in [0.15, 0.2) is 41.3 Å². The number of hydrogen-bond acceptors (Lipinski definition) is 3. The second-order valence-corrected chi connectivity index (χ2v) is 8.18. The van der Waals surface area contributed by atoms with Crippen LogP contribution in [0.5, 0.6) is 0 Å². The fraction of sp³-hybridized carbons (Fsp3) is 0.316. The van der Waals surface area contributed by atoms with E-state index in [4.69, 9.17) is 0 Å². The second kappa shape index (κ2) is 6.52. The molecule has 1 N–H and O–H groups in total. The molecule has 0 atom stereocenters. The molecule has 132 valence electrons. The number of hydrogen-bond donors (Lipinski definition) is 1. The summed E-state index contributed by atoms with van der Waals surface area (Å²) in [6.07, 6.45) is 1.37. The molecule has 1 aliphatic rings. The lowest BCUT2D eigenvalue weighted by molar-refractivity contribution is -0.117. The number of sulfonamides is 1. The van der Waals surface area contributed by atoms with Crippen LogP contribution in [0, 0.1) is 20.8 Å². The van der Waals surface area contributed by atoms with Crippen LogP contribution in [0.3, 0.4) is 0 Å². The minimum atomic E-state index is -3.69. The maximum absolute atomic E-state index is 12.8. The first-order chi connectivity index (χ1) is 11.8. The van der Waals surface area contributed by atoms with E-state index in [0.717, 1.165) is 23.2 Å². The first-order valence-electron chi connectivity index (χ1n) is 8.29. The van der Waals surface area contributed by atoms with Crippen LogP contribution in [0.25, 0.3) is 0 Å². The van der Waals surface area contributed by atoms with Crippen molar-refractivity contribution in [3.8, 4) is 0 Å². The molecule has 2 aromatic rings. The lowest BCUT2D eigenvalue weighted by atomic mass is 10.1. The molecule has 0 aliphatic carbocycles. The first-order valence-corrected chi connectivity index (χ1v) is 9.77. The number of anilines is 2. The zero-order valence-corrected chi connectivity index (χ0v) is 15.5. The van der Waals surface area contributed by atoms with Crippen LogP contribution in [0.4, 0.5) is 11.4 Å². The molecule has 1 fully saturated rings. The molecule has 0 unspecified atom stereocenters. The van der Waals surface area contributed by atoms with Crippen molar-refractivity contribution < 1.29 is 13.2 Å². The third kappa shape index (κ3) is 3.54. The van der Waals surface area contributed by atoms with E-state index >= 15 is 0 Å². The summed E-state index contributed by atoms with van der Waals surface area (Å²) in [5.74, 6) is 0.0811. The topological polar surface area (TPSA) is 66.5 Å². The Morgan fingerprint density at radius 3 is 2.40 bits per heavy atom. The van der Waals surface area contributed by atoms with Crippen LogP contribution in [-0.4, -0.2) is 20.9 Å². The van der Waals surface area contributed by atoms with Crippen molar-refractivity contribution in [1.29, 1.82) is 0 Å². The number of amides is 1. The first kappa shape index (κ1) is 17.5. The van der Waals surface area contributed by atoms with Crippen LogP contribution in [0.1, 0.15) is 29.5 Å². The predicted octanol–water partition coefficient (Wildman–Crippen LogP) is 3.54. The van der Waals surface area contributed by atoms with Gasteiger partial charge in [-0.2, -0.15) is 0 Å². The Morgan fingerprint density at radius 1 is 1.00 bits per heavy atom. The quantitative estimate of drug-likeness (QED) is 0.909. The Hall–Kier alpha value is -2.34. The minimum Gasteiger partial charge on any atom is -0.312 e. The van der Waals surface area contributed by atoms with Gasteiger partial charge in [-0.1, -0.05) is 18.2 Å². The highest BCUT2D eigenvalue weighted by Gasteiger charge is 2.24. The van der Waals surface area contributed by atoms with Gasteiger partial charge in [0.15, 0.2) is 0 Å². The van der Waals surface area contributed by atoms with E-state index in [1.807, 2.05) is 26.0 Å². The van der Waals surface area contributed by atoms with Gasteiger partial charge in [0, 0.05) is 18.7 Å². The molecule has 1 heterocycles. The SMILES string of the molecule is Cc1ccc(C)c(S(=O)(=O)Nc2ccc(C)c(N3CCCC3=O)c2)c1. The Morgan fingerprint density at radius 2 is 1.72 bits per heavy atom. The summed E-state index contributed by atoms with van der Waals surface area (Å²) in [5, 5.41) is 0. The van der Waals surface area contributed by atoms with Gasteiger partial charge < -0.3 is 4.90 Å². The van der Waals surface area contributed by atoms with Crippen LogP contribution in [0.2, 0.25) is 0 Å².